The summed E-state index contributed by atoms with van der Waals surface area (Å²) < 4.78 is 0. The average molecular weight is 440 g/mol. The van der Waals surface area contributed by atoms with E-state index in [9.17, 15) is 5.11 Å². The molecule has 0 unspecified atom stereocenters. The fraction of sp³-hybridized carbons (Fsp3) is 1.00. The molecular weight excluding hydrogens is 385 g/mol. The van der Waals surface area contributed by atoms with E-state index in [1.807, 2.05) is 0 Å². The van der Waals surface area contributed by atoms with Crippen molar-refractivity contribution >= 4 is 21.8 Å². The third-order valence-electron chi connectivity index (χ3n) is 8.39. The molecule has 1 nitrogen and oxygen atoms in total. The Morgan fingerprint density at radius 2 is 0.630 bits per heavy atom. The van der Waals surface area contributed by atoms with Gasteiger partial charge >= 0.3 is 0 Å². The molecule has 0 aliphatic heterocycles. The van der Waals surface area contributed by atoms with Crippen LogP contribution in [0.2, 0.25) is 0 Å². The maximum absolute atomic E-state index is 11.0. The van der Waals surface area contributed by atoms with Crippen LogP contribution in [0.5, 0.6) is 0 Å². The van der Waals surface area contributed by atoms with E-state index >= 15 is 0 Å². The molecule has 0 aromatic heterocycles. The molecule has 1 N–H and O–H groups in total. The molecule has 4 heteroatoms. The molecule has 0 saturated heterocycles. The first-order valence-electron chi connectivity index (χ1n) is 11.9. The third-order valence-corrected chi connectivity index (χ3v) is 24.5. The normalized spacial score (nSPS) is 14.0. The third kappa shape index (κ3) is 7.16. The Hall–Kier alpha value is 1.25. The summed E-state index contributed by atoms with van der Waals surface area (Å²) in [5.74, 6) is 0. The van der Waals surface area contributed by atoms with Gasteiger partial charge in [0, 0.05) is 21.8 Å². The van der Waals surface area contributed by atoms with Crippen LogP contribution in [-0.2, 0) is 0 Å². The number of hydrogen-bond donors (Lipinski definition) is 1. The average Bonchev–Trinajstić information content (AvgIpc) is 2.74. The van der Waals surface area contributed by atoms with Crippen molar-refractivity contribution in [3.63, 3.8) is 0 Å². The Bertz CT molecular complexity index is 305. The smallest absolute Gasteiger partial charge is 0.0938 e. The largest absolute Gasteiger partial charge is 0.395 e. The van der Waals surface area contributed by atoms with E-state index in [1.165, 1.54) is 73.9 Å². The maximum Gasteiger partial charge on any atom is 0.0938 e. The molecule has 164 valence electrons. The highest BCUT2D eigenvalue weighted by Crippen LogP contribution is 2.71. The van der Waals surface area contributed by atoms with E-state index in [0.717, 1.165) is 0 Å². The fourth-order valence-corrected chi connectivity index (χ4v) is 17.3. The Labute approximate surface area is 175 Å². The maximum atomic E-state index is 11.0. The summed E-state index contributed by atoms with van der Waals surface area (Å²) in [6.45, 7) is 22.4. The lowest BCUT2D eigenvalue weighted by Crippen LogP contribution is -2.42. The van der Waals surface area contributed by atoms with Gasteiger partial charge in [-0.3, -0.25) is 0 Å². The molecule has 0 bridgehead atoms. The van der Waals surface area contributed by atoms with Gasteiger partial charge in [0.05, 0.1) is 86.0 Å². The van der Waals surface area contributed by atoms with Crippen molar-refractivity contribution in [1.29, 1.82) is 0 Å². The minimum Gasteiger partial charge on any atom is -0.395 e. The molecule has 0 aromatic rings. The molecular formula is C23H54OP3+3. The SMILES string of the molecule is CC[P+](CC)(CC)CC(CO)(C[P+](CC)(CC)CC)C[P+](CC)(CC)CC. The highest BCUT2D eigenvalue weighted by Gasteiger charge is 2.54. The lowest BCUT2D eigenvalue weighted by Gasteiger charge is -2.42. The predicted octanol–water partition coefficient (Wildman–Crippen LogP) is 7.20. The second kappa shape index (κ2) is 12.8. The second-order valence-electron chi connectivity index (χ2n) is 9.00. The summed E-state index contributed by atoms with van der Waals surface area (Å²) in [5.41, 5.74) is 0.210. The highest BCUT2D eigenvalue weighted by atomic mass is 31.2. The van der Waals surface area contributed by atoms with Crippen LogP contribution in [0.3, 0.4) is 0 Å². The van der Waals surface area contributed by atoms with E-state index in [-0.39, 0.29) is 5.41 Å². The zero-order valence-electron chi connectivity index (χ0n) is 20.5. The van der Waals surface area contributed by atoms with Crippen LogP contribution in [0.1, 0.15) is 62.3 Å². The van der Waals surface area contributed by atoms with E-state index < -0.39 is 21.8 Å². The molecule has 0 saturated carbocycles. The van der Waals surface area contributed by atoms with E-state index in [2.05, 4.69) is 62.3 Å². The predicted molar refractivity (Wildman–Crippen MR) is 140 cm³/mol. The van der Waals surface area contributed by atoms with Gasteiger partial charge in [0.1, 0.15) is 0 Å². The summed E-state index contributed by atoms with van der Waals surface area (Å²) in [6.07, 6.45) is 16.4. The lowest BCUT2D eigenvalue weighted by molar-refractivity contribution is 0.184. The summed E-state index contributed by atoms with van der Waals surface area (Å²) in [5, 5.41) is 11.0. The van der Waals surface area contributed by atoms with Crippen LogP contribution in [0, 0.1) is 5.41 Å². The summed E-state index contributed by atoms with van der Waals surface area (Å²) in [4.78, 5) is 0. The molecule has 0 heterocycles. The monoisotopic (exact) mass is 439 g/mol. The Balaban J connectivity index is 6.23. The van der Waals surface area contributed by atoms with Gasteiger partial charge in [-0.25, -0.2) is 0 Å². The van der Waals surface area contributed by atoms with Crippen molar-refractivity contribution in [3.8, 4) is 0 Å². The molecule has 0 radical (unpaired) electrons. The summed E-state index contributed by atoms with van der Waals surface area (Å²) in [6, 6.07) is 0. The number of hydrogen-bond acceptors (Lipinski definition) is 1. The van der Waals surface area contributed by atoms with Gasteiger partial charge in [-0.15, -0.1) is 0 Å². The van der Waals surface area contributed by atoms with Gasteiger partial charge in [0.25, 0.3) is 0 Å². The van der Waals surface area contributed by atoms with Crippen molar-refractivity contribution in [3.05, 3.63) is 0 Å². The molecule has 0 aromatic carbocycles. The van der Waals surface area contributed by atoms with Crippen molar-refractivity contribution in [2.45, 2.75) is 62.3 Å². The van der Waals surface area contributed by atoms with Crippen molar-refractivity contribution in [2.24, 2.45) is 5.41 Å². The van der Waals surface area contributed by atoms with Crippen LogP contribution in [0.15, 0.2) is 0 Å². The second-order valence-corrected chi connectivity index (χ2v) is 23.7. The molecule has 0 aliphatic rings. The summed E-state index contributed by atoms with van der Waals surface area (Å²) >= 11 is 0. The Morgan fingerprint density at radius 1 is 0.444 bits per heavy atom. The Morgan fingerprint density at radius 3 is 0.741 bits per heavy atom. The van der Waals surface area contributed by atoms with Crippen molar-refractivity contribution < 1.29 is 5.11 Å². The van der Waals surface area contributed by atoms with Gasteiger partial charge < -0.3 is 5.11 Å². The Kier molecular flexibility index (Phi) is 13.4. The number of aliphatic hydroxyl groups excluding tert-OH is 1. The van der Waals surface area contributed by atoms with Gasteiger partial charge in [0.2, 0.25) is 0 Å². The van der Waals surface area contributed by atoms with Crippen LogP contribution < -0.4 is 0 Å². The van der Waals surface area contributed by atoms with Gasteiger partial charge in [-0.1, -0.05) is 0 Å². The molecule has 0 atom stereocenters. The standard InChI is InChI=1S/C23H54OP3/c1-10-25(11-2,12-3)20-23(19-24,21-26(13-4,14-5)15-6)22-27(16-7,17-8)18-9/h24H,10-22H2,1-9H3/q+3. The van der Waals surface area contributed by atoms with Crippen molar-refractivity contribution in [2.75, 3.05) is 80.5 Å². The molecule has 0 spiro atoms. The zero-order valence-corrected chi connectivity index (χ0v) is 23.2. The van der Waals surface area contributed by atoms with E-state index in [0.29, 0.717) is 6.61 Å². The van der Waals surface area contributed by atoms with Crippen LogP contribution in [-0.4, -0.2) is 85.7 Å². The first-order valence-corrected chi connectivity index (χ1v) is 19.5. The quantitative estimate of drug-likeness (QED) is 0.252. The molecule has 0 fully saturated rings. The van der Waals surface area contributed by atoms with Gasteiger partial charge in [-0.05, 0) is 62.3 Å². The van der Waals surface area contributed by atoms with Crippen LogP contribution in [0.4, 0.5) is 0 Å². The molecule has 0 rings (SSSR count). The minimum atomic E-state index is -0.936. The fourth-order valence-electron chi connectivity index (χ4n) is 5.45. The first-order chi connectivity index (χ1) is 12.7. The minimum absolute atomic E-state index is 0.210. The van der Waals surface area contributed by atoms with Gasteiger partial charge in [-0.2, -0.15) is 0 Å². The van der Waals surface area contributed by atoms with Crippen LogP contribution >= 0.6 is 21.8 Å². The summed E-state index contributed by atoms with van der Waals surface area (Å²) in [7, 11) is -2.81. The van der Waals surface area contributed by atoms with Gasteiger partial charge in [0.15, 0.2) is 0 Å². The van der Waals surface area contributed by atoms with E-state index in [4.69, 9.17) is 0 Å². The highest BCUT2D eigenvalue weighted by molar-refractivity contribution is 7.78. The van der Waals surface area contributed by atoms with E-state index in [1.54, 1.807) is 0 Å². The first kappa shape index (κ1) is 28.2. The zero-order chi connectivity index (χ0) is 21.2. The number of rotatable bonds is 16. The molecule has 27 heavy (non-hydrogen) atoms. The van der Waals surface area contributed by atoms with Crippen molar-refractivity contribution in [1.82, 2.24) is 0 Å². The lowest BCUT2D eigenvalue weighted by atomic mass is 9.97. The molecule has 0 aliphatic carbocycles. The molecule has 0 amide bonds. The number of aliphatic hydroxyl groups is 1. The van der Waals surface area contributed by atoms with Crippen LogP contribution in [0.25, 0.3) is 0 Å². The topological polar surface area (TPSA) is 20.2 Å².